The molecule has 0 radical (unpaired) electrons. The van der Waals surface area contributed by atoms with Crippen molar-refractivity contribution in [3.8, 4) is 0 Å². The van der Waals surface area contributed by atoms with Gasteiger partial charge < -0.3 is 5.32 Å². The summed E-state index contributed by atoms with van der Waals surface area (Å²) < 4.78 is 13.9. The van der Waals surface area contributed by atoms with Gasteiger partial charge in [-0.1, -0.05) is 34.1 Å². The first-order chi connectivity index (χ1) is 9.04. The molecule has 3 heteroatoms. The molecule has 1 nitrogen and oxygen atoms in total. The topological polar surface area (TPSA) is 12.0 Å². The second-order valence-electron chi connectivity index (χ2n) is 4.84. The smallest absolute Gasteiger partial charge is 0.123 e. The number of anilines is 1. The molecular formula is C16H17BrFN. The van der Waals surface area contributed by atoms with E-state index in [1.165, 1.54) is 17.7 Å². The Kier molecular flexibility index (Phi) is 4.59. The highest BCUT2D eigenvalue weighted by atomic mass is 79.9. The molecule has 1 atom stereocenters. The Morgan fingerprint density at radius 3 is 2.47 bits per heavy atom. The quantitative estimate of drug-likeness (QED) is 0.841. The van der Waals surface area contributed by atoms with Gasteiger partial charge in [0.25, 0.3) is 0 Å². The minimum Gasteiger partial charge on any atom is -0.382 e. The number of benzene rings is 2. The van der Waals surface area contributed by atoms with Crippen LogP contribution in [0.15, 0.2) is 46.9 Å². The van der Waals surface area contributed by atoms with Gasteiger partial charge in [-0.15, -0.1) is 0 Å². The van der Waals surface area contributed by atoms with Crippen LogP contribution in [0.3, 0.4) is 0 Å². The summed E-state index contributed by atoms with van der Waals surface area (Å²) in [5.74, 6) is -0.188. The molecule has 0 fully saturated rings. The van der Waals surface area contributed by atoms with Gasteiger partial charge in [0.05, 0.1) is 0 Å². The molecule has 0 saturated carbocycles. The minimum absolute atomic E-state index is 0.188. The summed E-state index contributed by atoms with van der Waals surface area (Å²) in [4.78, 5) is 0. The van der Waals surface area contributed by atoms with Crippen molar-refractivity contribution in [2.75, 3.05) is 5.32 Å². The van der Waals surface area contributed by atoms with Crippen LogP contribution in [-0.4, -0.2) is 6.04 Å². The fraction of sp³-hybridized carbons (Fsp3) is 0.250. The Bertz CT molecular complexity index is 551. The highest BCUT2D eigenvalue weighted by Gasteiger charge is 2.05. The van der Waals surface area contributed by atoms with Gasteiger partial charge in [-0.25, -0.2) is 4.39 Å². The number of rotatable bonds is 4. The highest BCUT2D eigenvalue weighted by Crippen LogP contribution is 2.21. The summed E-state index contributed by atoms with van der Waals surface area (Å²) in [6.45, 7) is 4.19. The third kappa shape index (κ3) is 4.06. The van der Waals surface area contributed by atoms with E-state index in [0.29, 0.717) is 6.04 Å². The zero-order valence-corrected chi connectivity index (χ0v) is 12.7. The summed E-state index contributed by atoms with van der Waals surface area (Å²) >= 11 is 3.53. The maximum Gasteiger partial charge on any atom is 0.123 e. The van der Waals surface area contributed by atoms with Crippen molar-refractivity contribution < 1.29 is 4.39 Å². The van der Waals surface area contributed by atoms with E-state index < -0.39 is 0 Å². The van der Waals surface area contributed by atoms with Gasteiger partial charge in [-0.05, 0) is 55.7 Å². The van der Waals surface area contributed by atoms with Crippen molar-refractivity contribution in [3.63, 3.8) is 0 Å². The van der Waals surface area contributed by atoms with Crippen LogP contribution in [0.4, 0.5) is 10.1 Å². The molecule has 0 aliphatic rings. The van der Waals surface area contributed by atoms with E-state index in [9.17, 15) is 4.39 Å². The molecule has 1 unspecified atom stereocenters. The molecule has 0 saturated heterocycles. The highest BCUT2D eigenvalue weighted by molar-refractivity contribution is 9.10. The summed E-state index contributed by atoms with van der Waals surface area (Å²) in [7, 11) is 0. The summed E-state index contributed by atoms with van der Waals surface area (Å²) in [6.07, 6.45) is 0.867. The molecule has 0 bridgehead atoms. The third-order valence-electron chi connectivity index (χ3n) is 3.04. The van der Waals surface area contributed by atoms with E-state index in [2.05, 4.69) is 53.3 Å². The van der Waals surface area contributed by atoms with Crippen molar-refractivity contribution >= 4 is 21.6 Å². The lowest BCUT2D eigenvalue weighted by molar-refractivity contribution is 0.626. The molecule has 0 spiro atoms. The zero-order valence-electron chi connectivity index (χ0n) is 11.1. The summed E-state index contributed by atoms with van der Waals surface area (Å²) in [5, 5.41) is 3.45. The van der Waals surface area contributed by atoms with Crippen LogP contribution >= 0.6 is 15.9 Å². The Hall–Kier alpha value is -1.35. The van der Waals surface area contributed by atoms with Gasteiger partial charge in [-0.3, -0.25) is 0 Å². The van der Waals surface area contributed by atoms with Crippen LogP contribution in [0.5, 0.6) is 0 Å². The predicted octanol–water partition coefficient (Wildman–Crippen LogP) is 4.94. The van der Waals surface area contributed by atoms with E-state index in [1.54, 1.807) is 0 Å². The van der Waals surface area contributed by atoms with E-state index in [0.717, 1.165) is 22.1 Å². The molecule has 0 aliphatic heterocycles. The molecule has 0 amide bonds. The van der Waals surface area contributed by atoms with Gasteiger partial charge >= 0.3 is 0 Å². The third-order valence-corrected chi connectivity index (χ3v) is 3.89. The Balaban J connectivity index is 1.98. The minimum atomic E-state index is -0.188. The maximum absolute atomic E-state index is 12.8. The number of nitrogens with one attached hydrogen (secondary N) is 1. The first-order valence-corrected chi connectivity index (χ1v) is 7.11. The Morgan fingerprint density at radius 1 is 1.16 bits per heavy atom. The molecule has 2 rings (SSSR count). The lowest BCUT2D eigenvalue weighted by Gasteiger charge is -2.16. The van der Waals surface area contributed by atoms with Crippen LogP contribution in [0, 0.1) is 12.7 Å². The van der Waals surface area contributed by atoms with Crippen molar-refractivity contribution in [2.45, 2.75) is 26.3 Å². The van der Waals surface area contributed by atoms with Crippen molar-refractivity contribution in [3.05, 3.63) is 63.9 Å². The van der Waals surface area contributed by atoms with Crippen molar-refractivity contribution in [1.29, 1.82) is 0 Å². The number of hydrogen-bond donors (Lipinski definition) is 1. The molecule has 19 heavy (non-hydrogen) atoms. The lowest BCUT2D eigenvalue weighted by Crippen LogP contribution is -2.18. The van der Waals surface area contributed by atoms with E-state index in [1.807, 2.05) is 12.1 Å². The molecule has 2 aromatic rings. The molecule has 1 N–H and O–H groups in total. The fourth-order valence-electron chi connectivity index (χ4n) is 1.99. The normalized spacial score (nSPS) is 12.2. The van der Waals surface area contributed by atoms with Crippen LogP contribution in [0.25, 0.3) is 0 Å². The van der Waals surface area contributed by atoms with Crippen LogP contribution < -0.4 is 5.32 Å². The van der Waals surface area contributed by atoms with Gasteiger partial charge in [0.15, 0.2) is 0 Å². The molecular weight excluding hydrogens is 305 g/mol. The average molecular weight is 322 g/mol. The SMILES string of the molecule is Cc1ccc(NC(C)Cc2ccc(F)cc2)cc1Br. The standard InChI is InChI=1S/C16H17BrFN/c1-11-3-8-15(10-16(11)17)19-12(2)9-13-4-6-14(18)7-5-13/h3-8,10,12,19H,9H2,1-2H3. The Morgan fingerprint density at radius 2 is 1.84 bits per heavy atom. The molecule has 0 aromatic heterocycles. The lowest BCUT2D eigenvalue weighted by atomic mass is 10.1. The van der Waals surface area contributed by atoms with E-state index >= 15 is 0 Å². The maximum atomic E-state index is 12.8. The second kappa shape index (κ2) is 6.20. The van der Waals surface area contributed by atoms with E-state index in [-0.39, 0.29) is 5.82 Å². The fourth-order valence-corrected chi connectivity index (χ4v) is 2.37. The molecule has 100 valence electrons. The van der Waals surface area contributed by atoms with Gasteiger partial charge in [0.2, 0.25) is 0 Å². The largest absolute Gasteiger partial charge is 0.382 e. The summed E-state index contributed by atoms with van der Waals surface area (Å²) in [6, 6.07) is 13.2. The van der Waals surface area contributed by atoms with Crippen LogP contribution in [0.1, 0.15) is 18.1 Å². The molecule has 0 heterocycles. The van der Waals surface area contributed by atoms with Gasteiger partial charge in [0.1, 0.15) is 5.82 Å². The summed E-state index contributed by atoms with van der Waals surface area (Å²) in [5.41, 5.74) is 3.44. The first-order valence-electron chi connectivity index (χ1n) is 6.32. The second-order valence-corrected chi connectivity index (χ2v) is 5.69. The van der Waals surface area contributed by atoms with Gasteiger partial charge in [0, 0.05) is 16.2 Å². The van der Waals surface area contributed by atoms with Gasteiger partial charge in [-0.2, -0.15) is 0 Å². The molecule has 2 aromatic carbocycles. The number of aryl methyl sites for hydroxylation is 1. The van der Waals surface area contributed by atoms with Crippen molar-refractivity contribution in [1.82, 2.24) is 0 Å². The predicted molar refractivity (Wildman–Crippen MR) is 82.1 cm³/mol. The average Bonchev–Trinajstić information content (AvgIpc) is 2.37. The zero-order chi connectivity index (χ0) is 13.8. The number of halogens is 2. The molecule has 0 aliphatic carbocycles. The monoisotopic (exact) mass is 321 g/mol. The van der Waals surface area contributed by atoms with Crippen molar-refractivity contribution in [2.24, 2.45) is 0 Å². The van der Waals surface area contributed by atoms with Crippen LogP contribution in [-0.2, 0) is 6.42 Å². The first kappa shape index (κ1) is 14.1. The van der Waals surface area contributed by atoms with E-state index in [4.69, 9.17) is 0 Å². The number of hydrogen-bond acceptors (Lipinski definition) is 1. The Labute approximate surface area is 122 Å². The van der Waals surface area contributed by atoms with Crippen LogP contribution in [0.2, 0.25) is 0 Å².